The van der Waals surface area contributed by atoms with Crippen LogP contribution in [0.2, 0.25) is 5.02 Å². The summed E-state index contributed by atoms with van der Waals surface area (Å²) in [5.74, 6) is -0.921. The van der Waals surface area contributed by atoms with Gasteiger partial charge in [0.05, 0.1) is 10.9 Å². The summed E-state index contributed by atoms with van der Waals surface area (Å²) in [6, 6.07) is 6.71. The lowest BCUT2D eigenvalue weighted by atomic mass is 9.88. The van der Waals surface area contributed by atoms with E-state index in [1.807, 2.05) is 6.92 Å². The standard InChI is InChI=1S/C19H21ClFN5O2S/c1-10-6-8-15(21)17(12(10)3)13(4)18(19-22-25-26-23-19)24-29(27,28)16-9-14(20)7-5-11(16)2/h5-9,13,18,24H,1-4H3,(H,22,23,25,26)/t13-,18+/m1/s1. The molecule has 0 aliphatic heterocycles. The Morgan fingerprint density at radius 2 is 1.83 bits per heavy atom. The van der Waals surface area contributed by atoms with Crippen molar-refractivity contribution in [3.63, 3.8) is 0 Å². The van der Waals surface area contributed by atoms with Crippen LogP contribution < -0.4 is 4.72 Å². The van der Waals surface area contributed by atoms with Gasteiger partial charge in [-0.25, -0.2) is 12.8 Å². The van der Waals surface area contributed by atoms with Gasteiger partial charge in [0.1, 0.15) is 5.82 Å². The molecule has 2 N–H and O–H groups in total. The van der Waals surface area contributed by atoms with Crippen LogP contribution in [0.25, 0.3) is 0 Å². The zero-order chi connectivity index (χ0) is 21.3. The second kappa shape index (κ2) is 8.17. The molecule has 154 valence electrons. The predicted octanol–water partition coefficient (Wildman–Crippen LogP) is 3.74. The van der Waals surface area contributed by atoms with E-state index in [1.54, 1.807) is 39.0 Å². The van der Waals surface area contributed by atoms with Crippen molar-refractivity contribution in [2.24, 2.45) is 0 Å². The van der Waals surface area contributed by atoms with Gasteiger partial charge in [0.25, 0.3) is 0 Å². The molecule has 10 heteroatoms. The number of aromatic nitrogens is 4. The van der Waals surface area contributed by atoms with Crippen molar-refractivity contribution in [1.82, 2.24) is 25.3 Å². The number of sulfonamides is 1. The van der Waals surface area contributed by atoms with E-state index < -0.39 is 27.8 Å². The lowest BCUT2D eigenvalue weighted by molar-refractivity contribution is 0.478. The molecular weight excluding hydrogens is 417 g/mol. The van der Waals surface area contributed by atoms with Gasteiger partial charge in [-0.05, 0) is 61.2 Å². The van der Waals surface area contributed by atoms with Crippen LogP contribution in [0, 0.1) is 26.6 Å². The van der Waals surface area contributed by atoms with Gasteiger partial charge in [-0.2, -0.15) is 9.94 Å². The first-order valence-electron chi connectivity index (χ1n) is 8.89. The molecule has 0 unspecified atom stereocenters. The average molecular weight is 438 g/mol. The fraction of sp³-hybridized carbons (Fsp3) is 0.316. The molecule has 2 atom stereocenters. The molecule has 1 heterocycles. The van der Waals surface area contributed by atoms with Crippen molar-refractivity contribution in [1.29, 1.82) is 0 Å². The molecule has 29 heavy (non-hydrogen) atoms. The van der Waals surface area contributed by atoms with E-state index in [4.69, 9.17) is 11.6 Å². The topological polar surface area (TPSA) is 101 Å². The highest BCUT2D eigenvalue weighted by atomic mass is 35.5. The zero-order valence-corrected chi connectivity index (χ0v) is 17.9. The van der Waals surface area contributed by atoms with E-state index in [1.165, 1.54) is 12.1 Å². The molecule has 7 nitrogen and oxygen atoms in total. The van der Waals surface area contributed by atoms with Crippen LogP contribution in [-0.4, -0.2) is 29.0 Å². The number of aromatic amines is 1. The summed E-state index contributed by atoms with van der Waals surface area (Å²) in [5.41, 5.74) is 2.56. The molecule has 0 fully saturated rings. The molecule has 0 aliphatic carbocycles. The molecule has 0 aliphatic rings. The summed E-state index contributed by atoms with van der Waals surface area (Å²) in [6.07, 6.45) is 0. The number of benzene rings is 2. The maximum Gasteiger partial charge on any atom is 0.241 e. The largest absolute Gasteiger partial charge is 0.241 e. The Morgan fingerprint density at radius 1 is 1.14 bits per heavy atom. The number of tetrazole rings is 1. The normalized spacial score (nSPS) is 14.0. The predicted molar refractivity (Wildman–Crippen MR) is 108 cm³/mol. The van der Waals surface area contributed by atoms with Crippen molar-refractivity contribution >= 4 is 21.6 Å². The summed E-state index contributed by atoms with van der Waals surface area (Å²) < 4.78 is 43.6. The number of nitrogens with zero attached hydrogens (tertiary/aromatic N) is 3. The van der Waals surface area contributed by atoms with Crippen LogP contribution >= 0.6 is 11.6 Å². The van der Waals surface area contributed by atoms with Crippen molar-refractivity contribution in [3.8, 4) is 0 Å². The molecule has 0 radical (unpaired) electrons. The number of hydrogen-bond acceptors (Lipinski definition) is 5. The van der Waals surface area contributed by atoms with E-state index in [9.17, 15) is 12.8 Å². The Hall–Kier alpha value is -2.36. The highest BCUT2D eigenvalue weighted by Gasteiger charge is 2.33. The molecule has 0 spiro atoms. The molecule has 0 bridgehead atoms. The number of halogens is 2. The highest BCUT2D eigenvalue weighted by molar-refractivity contribution is 7.89. The van der Waals surface area contributed by atoms with Gasteiger partial charge < -0.3 is 0 Å². The van der Waals surface area contributed by atoms with Crippen molar-refractivity contribution in [2.75, 3.05) is 0 Å². The minimum Gasteiger partial charge on any atom is -0.207 e. The third-order valence-corrected chi connectivity index (χ3v) is 6.87. The molecule has 1 aromatic heterocycles. The van der Waals surface area contributed by atoms with Gasteiger partial charge in [-0.15, -0.1) is 10.2 Å². The van der Waals surface area contributed by atoms with E-state index in [2.05, 4.69) is 25.3 Å². The van der Waals surface area contributed by atoms with Gasteiger partial charge in [-0.1, -0.05) is 35.9 Å². The quantitative estimate of drug-likeness (QED) is 0.611. The molecule has 2 aromatic carbocycles. The Balaban J connectivity index is 2.08. The maximum atomic E-state index is 14.7. The lowest BCUT2D eigenvalue weighted by Gasteiger charge is -2.25. The van der Waals surface area contributed by atoms with Crippen molar-refractivity contribution in [3.05, 3.63) is 69.2 Å². The number of aryl methyl sites for hydroxylation is 2. The van der Waals surface area contributed by atoms with Crippen molar-refractivity contribution in [2.45, 2.75) is 44.6 Å². The second-order valence-corrected chi connectivity index (χ2v) is 9.09. The van der Waals surface area contributed by atoms with Gasteiger partial charge in [-0.3, -0.25) is 0 Å². The van der Waals surface area contributed by atoms with Gasteiger partial charge >= 0.3 is 0 Å². The van der Waals surface area contributed by atoms with Gasteiger partial charge in [0.2, 0.25) is 10.0 Å². The summed E-state index contributed by atoms with van der Waals surface area (Å²) in [6.45, 7) is 7.06. The number of rotatable bonds is 6. The molecule has 3 rings (SSSR count). The first-order chi connectivity index (χ1) is 13.6. The number of H-pyrrole nitrogens is 1. The smallest absolute Gasteiger partial charge is 0.207 e. The van der Waals surface area contributed by atoms with Crippen LogP contribution in [0.1, 0.15) is 47.0 Å². The molecule has 0 saturated carbocycles. The van der Waals surface area contributed by atoms with Crippen LogP contribution in [0.3, 0.4) is 0 Å². The van der Waals surface area contributed by atoms with Crippen LogP contribution in [0.4, 0.5) is 4.39 Å². The maximum absolute atomic E-state index is 14.7. The second-order valence-electron chi connectivity index (χ2n) is 6.97. The number of hydrogen-bond donors (Lipinski definition) is 2. The molecular formula is C19H21ClFN5O2S. The van der Waals surface area contributed by atoms with Crippen molar-refractivity contribution < 1.29 is 12.8 Å². The Labute approximate surface area is 173 Å². The van der Waals surface area contributed by atoms with Crippen LogP contribution in [-0.2, 0) is 10.0 Å². The summed E-state index contributed by atoms with van der Waals surface area (Å²) in [7, 11) is -4.01. The summed E-state index contributed by atoms with van der Waals surface area (Å²) in [4.78, 5) is 0.0344. The Bertz CT molecular complexity index is 1140. The number of nitrogens with one attached hydrogen (secondary N) is 2. The van der Waals surface area contributed by atoms with Gasteiger partial charge in [0.15, 0.2) is 5.82 Å². The lowest BCUT2D eigenvalue weighted by Crippen LogP contribution is -2.33. The Morgan fingerprint density at radius 3 is 2.48 bits per heavy atom. The average Bonchev–Trinajstić information content (AvgIpc) is 3.19. The summed E-state index contributed by atoms with van der Waals surface area (Å²) in [5, 5.41) is 14.0. The van der Waals surface area contributed by atoms with E-state index >= 15 is 0 Å². The molecule has 0 amide bonds. The fourth-order valence-corrected chi connectivity index (χ4v) is 5.09. The molecule has 3 aromatic rings. The first-order valence-corrected chi connectivity index (χ1v) is 10.8. The van der Waals surface area contributed by atoms with Gasteiger partial charge in [0, 0.05) is 10.9 Å². The third kappa shape index (κ3) is 4.31. The third-order valence-electron chi connectivity index (χ3n) is 5.05. The van der Waals surface area contributed by atoms with E-state index in [0.29, 0.717) is 16.1 Å². The Kier molecular flexibility index (Phi) is 6.02. The van der Waals surface area contributed by atoms with E-state index in [-0.39, 0.29) is 10.7 Å². The summed E-state index contributed by atoms with van der Waals surface area (Å²) >= 11 is 5.99. The minimum absolute atomic E-state index is 0.0344. The highest BCUT2D eigenvalue weighted by Crippen LogP contribution is 2.35. The van der Waals surface area contributed by atoms with Crippen LogP contribution in [0.15, 0.2) is 35.2 Å². The zero-order valence-electron chi connectivity index (χ0n) is 16.4. The minimum atomic E-state index is -4.01. The fourth-order valence-electron chi connectivity index (χ4n) is 3.30. The molecule has 0 saturated heterocycles. The SMILES string of the molecule is Cc1ccc(Cl)cc1S(=O)(=O)N[C@H](c1nn[nH]n1)[C@H](C)c1c(F)ccc(C)c1C. The van der Waals surface area contributed by atoms with E-state index in [0.717, 1.165) is 11.1 Å². The monoisotopic (exact) mass is 437 g/mol. The first kappa shape index (κ1) is 21.4. The van der Waals surface area contributed by atoms with Crippen LogP contribution in [0.5, 0.6) is 0 Å².